The highest BCUT2D eigenvalue weighted by Crippen LogP contribution is 2.20. The quantitative estimate of drug-likeness (QED) is 0.808. The number of halogens is 1. The number of aliphatic hydroxyl groups excluding tert-OH is 1. The molecule has 0 unspecified atom stereocenters. The summed E-state index contributed by atoms with van der Waals surface area (Å²) >= 11 is 5.83. The van der Waals surface area contributed by atoms with Crippen molar-refractivity contribution in [2.75, 3.05) is 0 Å². The lowest BCUT2D eigenvalue weighted by Crippen LogP contribution is -2.25. The van der Waals surface area contributed by atoms with Crippen LogP contribution in [0.15, 0.2) is 24.3 Å². The molecular formula is C11H16ClNO. The summed E-state index contributed by atoms with van der Waals surface area (Å²) in [6.07, 6.45) is 1.15. The largest absolute Gasteiger partial charge is 0.391 e. The maximum Gasteiger partial charge on any atom is 0.0732 e. The van der Waals surface area contributed by atoms with Gasteiger partial charge in [0.2, 0.25) is 0 Å². The third-order valence-corrected chi connectivity index (χ3v) is 2.47. The zero-order valence-electron chi connectivity index (χ0n) is 8.28. The lowest BCUT2D eigenvalue weighted by molar-refractivity contribution is 0.134. The molecular weight excluding hydrogens is 198 g/mol. The number of hydrogen-bond acceptors (Lipinski definition) is 2. The second kappa shape index (κ2) is 5.35. The van der Waals surface area contributed by atoms with Crippen LogP contribution in [0.5, 0.6) is 0 Å². The highest BCUT2D eigenvalue weighted by molar-refractivity contribution is 6.30. The summed E-state index contributed by atoms with van der Waals surface area (Å²) in [5, 5.41) is 10.3. The van der Waals surface area contributed by atoms with E-state index in [1.54, 1.807) is 12.1 Å². The molecule has 0 radical (unpaired) electrons. The van der Waals surface area contributed by atoms with Gasteiger partial charge in [0.25, 0.3) is 0 Å². The Balaban J connectivity index is 2.73. The lowest BCUT2D eigenvalue weighted by Gasteiger charge is -2.18. The summed E-state index contributed by atoms with van der Waals surface area (Å²) in [6.45, 7) is 2.02. The molecule has 1 rings (SSSR count). The SMILES string of the molecule is CCC[C@@H](O)[C@@H](N)c1cccc(Cl)c1. The molecule has 0 saturated carbocycles. The van der Waals surface area contributed by atoms with Gasteiger partial charge in [-0.05, 0) is 24.1 Å². The van der Waals surface area contributed by atoms with E-state index in [1.165, 1.54) is 0 Å². The Kier molecular flexibility index (Phi) is 4.39. The molecule has 0 spiro atoms. The summed E-state index contributed by atoms with van der Waals surface area (Å²) in [7, 11) is 0. The molecule has 0 amide bonds. The van der Waals surface area contributed by atoms with Crippen molar-refractivity contribution in [1.82, 2.24) is 0 Å². The van der Waals surface area contributed by atoms with Crippen molar-refractivity contribution in [2.45, 2.75) is 31.9 Å². The van der Waals surface area contributed by atoms with Gasteiger partial charge in [-0.1, -0.05) is 37.1 Å². The first-order chi connectivity index (χ1) is 6.65. The van der Waals surface area contributed by atoms with Crippen LogP contribution in [-0.4, -0.2) is 11.2 Å². The van der Waals surface area contributed by atoms with Gasteiger partial charge in [-0.15, -0.1) is 0 Å². The van der Waals surface area contributed by atoms with E-state index in [0.717, 1.165) is 12.0 Å². The first-order valence-electron chi connectivity index (χ1n) is 4.84. The number of nitrogens with two attached hydrogens (primary N) is 1. The van der Waals surface area contributed by atoms with Crippen molar-refractivity contribution in [3.05, 3.63) is 34.9 Å². The normalized spacial score (nSPS) is 15.1. The highest BCUT2D eigenvalue weighted by atomic mass is 35.5. The van der Waals surface area contributed by atoms with Crippen molar-refractivity contribution >= 4 is 11.6 Å². The smallest absolute Gasteiger partial charge is 0.0732 e. The zero-order chi connectivity index (χ0) is 10.6. The van der Waals surface area contributed by atoms with Gasteiger partial charge < -0.3 is 10.8 Å². The summed E-state index contributed by atoms with van der Waals surface area (Å²) in [5.41, 5.74) is 6.77. The van der Waals surface area contributed by atoms with Crippen molar-refractivity contribution in [1.29, 1.82) is 0 Å². The molecule has 0 aliphatic heterocycles. The minimum absolute atomic E-state index is 0.339. The monoisotopic (exact) mass is 213 g/mol. The minimum Gasteiger partial charge on any atom is -0.391 e. The molecule has 1 aromatic carbocycles. The molecule has 0 aliphatic carbocycles. The highest BCUT2D eigenvalue weighted by Gasteiger charge is 2.15. The van der Waals surface area contributed by atoms with Crippen LogP contribution in [0.1, 0.15) is 31.4 Å². The molecule has 0 fully saturated rings. The second-order valence-corrected chi connectivity index (χ2v) is 3.87. The number of benzene rings is 1. The van der Waals surface area contributed by atoms with Crippen molar-refractivity contribution < 1.29 is 5.11 Å². The van der Waals surface area contributed by atoms with Crippen LogP contribution in [-0.2, 0) is 0 Å². The van der Waals surface area contributed by atoms with Gasteiger partial charge in [-0.25, -0.2) is 0 Å². The molecule has 0 saturated heterocycles. The van der Waals surface area contributed by atoms with E-state index in [0.29, 0.717) is 11.4 Å². The molecule has 0 heterocycles. The summed E-state index contributed by atoms with van der Waals surface area (Å²) in [5.74, 6) is 0. The van der Waals surface area contributed by atoms with Crippen molar-refractivity contribution in [3.63, 3.8) is 0 Å². The van der Waals surface area contributed by atoms with Crippen LogP contribution in [0.3, 0.4) is 0 Å². The van der Waals surface area contributed by atoms with Crippen LogP contribution >= 0.6 is 11.6 Å². The Morgan fingerprint density at radius 3 is 2.79 bits per heavy atom. The molecule has 3 N–H and O–H groups in total. The van der Waals surface area contributed by atoms with E-state index in [4.69, 9.17) is 17.3 Å². The van der Waals surface area contributed by atoms with Gasteiger partial charge >= 0.3 is 0 Å². The summed E-state index contributed by atoms with van der Waals surface area (Å²) < 4.78 is 0. The Labute approximate surface area is 89.7 Å². The topological polar surface area (TPSA) is 46.2 Å². The van der Waals surface area contributed by atoms with Crippen LogP contribution < -0.4 is 5.73 Å². The fraction of sp³-hybridized carbons (Fsp3) is 0.455. The van der Waals surface area contributed by atoms with E-state index in [9.17, 15) is 5.11 Å². The van der Waals surface area contributed by atoms with Gasteiger partial charge in [0.1, 0.15) is 0 Å². The van der Waals surface area contributed by atoms with E-state index in [1.807, 2.05) is 19.1 Å². The first-order valence-corrected chi connectivity index (χ1v) is 5.22. The van der Waals surface area contributed by atoms with Crippen molar-refractivity contribution in [2.24, 2.45) is 5.73 Å². The van der Waals surface area contributed by atoms with Crippen molar-refractivity contribution in [3.8, 4) is 0 Å². The molecule has 2 atom stereocenters. The average Bonchev–Trinajstić information content (AvgIpc) is 2.17. The maximum absolute atomic E-state index is 9.69. The molecule has 0 aliphatic rings. The van der Waals surface area contributed by atoms with Crippen LogP contribution in [0.4, 0.5) is 0 Å². The lowest BCUT2D eigenvalue weighted by atomic mass is 9.99. The number of hydrogen-bond donors (Lipinski definition) is 2. The maximum atomic E-state index is 9.69. The average molecular weight is 214 g/mol. The fourth-order valence-corrected chi connectivity index (χ4v) is 1.61. The van der Waals surface area contributed by atoms with Gasteiger partial charge in [0.05, 0.1) is 12.1 Å². The molecule has 0 aromatic heterocycles. The summed E-state index contributed by atoms with van der Waals surface area (Å²) in [4.78, 5) is 0. The van der Waals surface area contributed by atoms with E-state index < -0.39 is 6.10 Å². The van der Waals surface area contributed by atoms with Gasteiger partial charge in [0, 0.05) is 5.02 Å². The second-order valence-electron chi connectivity index (χ2n) is 3.44. The Bertz CT molecular complexity index is 290. The van der Waals surface area contributed by atoms with Crippen LogP contribution in [0, 0.1) is 0 Å². The number of rotatable bonds is 4. The fourth-order valence-electron chi connectivity index (χ4n) is 1.41. The third kappa shape index (κ3) is 2.98. The molecule has 3 heteroatoms. The molecule has 14 heavy (non-hydrogen) atoms. The number of aliphatic hydroxyl groups is 1. The third-order valence-electron chi connectivity index (χ3n) is 2.23. The van der Waals surface area contributed by atoms with Crippen LogP contribution in [0.2, 0.25) is 5.02 Å². The van der Waals surface area contributed by atoms with Gasteiger partial charge in [0.15, 0.2) is 0 Å². The van der Waals surface area contributed by atoms with E-state index >= 15 is 0 Å². The minimum atomic E-state index is -0.488. The molecule has 0 bridgehead atoms. The van der Waals surface area contributed by atoms with Gasteiger partial charge in [-0.3, -0.25) is 0 Å². The molecule has 2 nitrogen and oxygen atoms in total. The molecule has 78 valence electrons. The Morgan fingerprint density at radius 1 is 1.50 bits per heavy atom. The predicted molar refractivity (Wildman–Crippen MR) is 59.3 cm³/mol. The Hall–Kier alpha value is -0.570. The zero-order valence-corrected chi connectivity index (χ0v) is 9.04. The summed E-state index contributed by atoms with van der Waals surface area (Å²) in [6, 6.07) is 6.98. The standard InChI is InChI=1S/C11H16ClNO/c1-2-4-10(14)11(13)8-5-3-6-9(12)7-8/h3,5-7,10-11,14H,2,4,13H2,1H3/t10-,11+/m1/s1. The first kappa shape index (κ1) is 11.5. The molecule has 1 aromatic rings. The predicted octanol–water partition coefficient (Wildman–Crippen LogP) is 2.50. The van der Waals surface area contributed by atoms with E-state index in [-0.39, 0.29) is 6.04 Å². The van der Waals surface area contributed by atoms with Gasteiger partial charge in [-0.2, -0.15) is 0 Å². The van der Waals surface area contributed by atoms with Crippen LogP contribution in [0.25, 0.3) is 0 Å². The van der Waals surface area contributed by atoms with E-state index in [2.05, 4.69) is 0 Å². The Morgan fingerprint density at radius 2 is 2.21 bits per heavy atom.